The fraction of sp³-hybridized carbons (Fsp3) is 0.889. The summed E-state index contributed by atoms with van der Waals surface area (Å²) in [6, 6.07) is -0.793. The van der Waals surface area contributed by atoms with E-state index in [0.29, 0.717) is 6.42 Å². The molecule has 0 aliphatic carbocycles. The van der Waals surface area contributed by atoms with E-state index >= 15 is 0 Å². The van der Waals surface area contributed by atoms with Crippen molar-refractivity contribution in [2.75, 3.05) is 18.6 Å². The van der Waals surface area contributed by atoms with Crippen molar-refractivity contribution < 1.29 is 18.3 Å². The molecule has 1 aliphatic rings. The van der Waals surface area contributed by atoms with Crippen LogP contribution in [0.15, 0.2) is 0 Å². The molecule has 1 rings (SSSR count). The second-order valence-corrected chi connectivity index (χ2v) is 6.32. The average Bonchev–Trinajstić information content (AvgIpc) is 2.13. The highest BCUT2D eigenvalue weighted by atomic mass is 32.2. The van der Waals surface area contributed by atoms with Crippen molar-refractivity contribution in [3.63, 3.8) is 0 Å². The van der Waals surface area contributed by atoms with Gasteiger partial charge in [-0.3, -0.25) is 9.69 Å². The first-order valence-electron chi connectivity index (χ1n) is 4.98. The fourth-order valence-electron chi connectivity index (χ4n) is 1.81. The van der Waals surface area contributed by atoms with E-state index in [1.54, 1.807) is 18.9 Å². The van der Waals surface area contributed by atoms with E-state index in [2.05, 4.69) is 0 Å². The van der Waals surface area contributed by atoms with Gasteiger partial charge in [0.05, 0.1) is 11.5 Å². The second-order valence-electron chi connectivity index (χ2n) is 4.09. The van der Waals surface area contributed by atoms with Crippen LogP contribution in [0.2, 0.25) is 0 Å². The maximum Gasteiger partial charge on any atom is 0.320 e. The molecule has 1 heterocycles. The molecule has 0 saturated carbocycles. The number of rotatable bonds is 3. The Morgan fingerprint density at radius 3 is 2.60 bits per heavy atom. The third-order valence-electron chi connectivity index (χ3n) is 2.98. The van der Waals surface area contributed by atoms with Gasteiger partial charge in [-0.15, -0.1) is 0 Å². The highest BCUT2D eigenvalue weighted by molar-refractivity contribution is 7.91. The van der Waals surface area contributed by atoms with E-state index in [1.165, 1.54) is 0 Å². The number of aliphatic carboxylic acids is 1. The van der Waals surface area contributed by atoms with Gasteiger partial charge in [0.2, 0.25) is 0 Å². The topological polar surface area (TPSA) is 74.7 Å². The third-order valence-corrected chi connectivity index (χ3v) is 4.79. The van der Waals surface area contributed by atoms with Crippen LogP contribution in [0.25, 0.3) is 0 Å². The Morgan fingerprint density at radius 1 is 1.53 bits per heavy atom. The Morgan fingerprint density at radius 2 is 2.13 bits per heavy atom. The number of hydrogen-bond donors (Lipinski definition) is 1. The Kier molecular flexibility index (Phi) is 3.72. The molecule has 1 saturated heterocycles. The molecule has 2 atom stereocenters. The molecule has 5 nitrogen and oxygen atoms in total. The molecular formula is C9H17NO4S. The molecule has 0 spiro atoms. The van der Waals surface area contributed by atoms with E-state index < -0.39 is 21.8 Å². The predicted octanol–water partition coefficient (Wildman–Crippen LogP) is -0.0315. The summed E-state index contributed by atoms with van der Waals surface area (Å²) < 4.78 is 22.8. The van der Waals surface area contributed by atoms with Crippen LogP contribution >= 0.6 is 0 Å². The summed E-state index contributed by atoms with van der Waals surface area (Å²) in [6.07, 6.45) is 1.39. The fourth-order valence-corrected chi connectivity index (χ4v) is 3.57. The first-order valence-corrected chi connectivity index (χ1v) is 6.81. The number of likely N-dealkylation sites (N-methyl/N-ethyl adjacent to an activating group) is 1. The van der Waals surface area contributed by atoms with Crippen LogP contribution in [-0.4, -0.2) is 55.0 Å². The first-order chi connectivity index (χ1) is 6.83. The maximum absolute atomic E-state index is 11.4. The van der Waals surface area contributed by atoms with Crippen LogP contribution in [0.4, 0.5) is 0 Å². The number of carboxylic acid groups (broad SMARTS) is 1. The zero-order chi connectivity index (χ0) is 11.6. The van der Waals surface area contributed by atoms with Crippen LogP contribution in [0.1, 0.15) is 19.8 Å². The van der Waals surface area contributed by atoms with Gasteiger partial charge in [0.1, 0.15) is 6.04 Å². The van der Waals surface area contributed by atoms with E-state index in [-0.39, 0.29) is 17.5 Å². The lowest BCUT2D eigenvalue weighted by atomic mass is 10.1. The first kappa shape index (κ1) is 12.4. The molecule has 1 fully saturated rings. The summed E-state index contributed by atoms with van der Waals surface area (Å²) in [7, 11) is -1.30. The Labute approximate surface area is 90.0 Å². The van der Waals surface area contributed by atoms with Gasteiger partial charge in [-0.05, 0) is 26.8 Å². The molecule has 1 aliphatic heterocycles. The molecule has 6 heteroatoms. The average molecular weight is 235 g/mol. The summed E-state index contributed by atoms with van der Waals surface area (Å²) in [6.45, 7) is 1.57. The lowest BCUT2D eigenvalue weighted by Crippen LogP contribution is -2.48. The summed E-state index contributed by atoms with van der Waals surface area (Å²) in [4.78, 5) is 12.4. The van der Waals surface area contributed by atoms with Crippen molar-refractivity contribution in [1.29, 1.82) is 0 Å². The predicted molar refractivity (Wildman–Crippen MR) is 56.5 cm³/mol. The Bertz CT molecular complexity index is 338. The van der Waals surface area contributed by atoms with E-state index in [4.69, 9.17) is 5.11 Å². The lowest BCUT2D eigenvalue weighted by molar-refractivity contribution is -0.142. The minimum absolute atomic E-state index is 0.0844. The largest absolute Gasteiger partial charge is 0.480 e. The molecule has 0 radical (unpaired) electrons. The normalized spacial score (nSPS) is 27.5. The highest BCUT2D eigenvalue weighted by Gasteiger charge is 2.31. The van der Waals surface area contributed by atoms with Crippen LogP contribution in [0.5, 0.6) is 0 Å². The molecule has 0 amide bonds. The van der Waals surface area contributed by atoms with Crippen LogP contribution < -0.4 is 0 Å². The van der Waals surface area contributed by atoms with E-state index in [9.17, 15) is 13.2 Å². The van der Waals surface area contributed by atoms with Crippen LogP contribution in [0, 0.1) is 0 Å². The minimum atomic E-state index is -2.97. The van der Waals surface area contributed by atoms with Crippen molar-refractivity contribution >= 4 is 15.8 Å². The van der Waals surface area contributed by atoms with Gasteiger partial charge in [-0.1, -0.05) is 0 Å². The van der Waals surface area contributed by atoms with Crippen molar-refractivity contribution in [2.45, 2.75) is 31.8 Å². The molecule has 15 heavy (non-hydrogen) atoms. The Balaban J connectivity index is 2.68. The smallest absolute Gasteiger partial charge is 0.320 e. The van der Waals surface area contributed by atoms with Gasteiger partial charge < -0.3 is 5.11 Å². The minimum Gasteiger partial charge on any atom is -0.480 e. The maximum atomic E-state index is 11.4. The Hall–Kier alpha value is -0.620. The SMILES string of the molecule is C[C@@H](C(=O)O)N(C)C1CCCS(=O)(=O)C1. The lowest BCUT2D eigenvalue weighted by Gasteiger charge is -2.33. The van der Waals surface area contributed by atoms with Crippen molar-refractivity contribution in [2.24, 2.45) is 0 Å². The third kappa shape index (κ3) is 3.17. The van der Waals surface area contributed by atoms with Crippen LogP contribution in [-0.2, 0) is 14.6 Å². The van der Waals surface area contributed by atoms with Gasteiger partial charge in [0, 0.05) is 6.04 Å². The van der Waals surface area contributed by atoms with Gasteiger partial charge in [-0.2, -0.15) is 0 Å². The van der Waals surface area contributed by atoms with E-state index in [1.807, 2.05) is 0 Å². The highest BCUT2D eigenvalue weighted by Crippen LogP contribution is 2.18. The molecule has 1 unspecified atom stereocenters. The number of nitrogens with zero attached hydrogens (tertiary/aromatic N) is 1. The summed E-state index contributed by atoms with van der Waals surface area (Å²) in [5.74, 6) is -0.597. The summed E-state index contributed by atoms with van der Waals surface area (Å²) in [5, 5.41) is 8.82. The van der Waals surface area contributed by atoms with Crippen molar-refractivity contribution in [3.8, 4) is 0 Å². The van der Waals surface area contributed by atoms with Crippen molar-refractivity contribution in [3.05, 3.63) is 0 Å². The molecule has 0 aromatic carbocycles. The molecule has 0 aromatic rings. The molecule has 0 aromatic heterocycles. The standard InChI is InChI=1S/C9H17NO4S/c1-7(9(11)12)10(2)8-4-3-5-15(13,14)6-8/h7-8H,3-6H2,1-2H3,(H,11,12)/t7-,8?/m0/s1. The number of carbonyl (C=O) groups is 1. The molecule has 1 N–H and O–H groups in total. The van der Waals surface area contributed by atoms with Crippen LogP contribution in [0.3, 0.4) is 0 Å². The molecule has 0 bridgehead atoms. The zero-order valence-corrected chi connectivity index (χ0v) is 9.83. The molecule has 88 valence electrons. The van der Waals surface area contributed by atoms with Crippen molar-refractivity contribution in [1.82, 2.24) is 4.90 Å². The zero-order valence-electron chi connectivity index (χ0n) is 9.01. The second kappa shape index (κ2) is 4.49. The number of carboxylic acids is 1. The quantitative estimate of drug-likeness (QED) is 0.743. The summed E-state index contributed by atoms with van der Waals surface area (Å²) in [5.41, 5.74) is 0. The van der Waals surface area contributed by atoms with Gasteiger partial charge >= 0.3 is 5.97 Å². The van der Waals surface area contributed by atoms with Gasteiger partial charge in [0.25, 0.3) is 0 Å². The monoisotopic (exact) mass is 235 g/mol. The van der Waals surface area contributed by atoms with E-state index in [0.717, 1.165) is 6.42 Å². The number of hydrogen-bond acceptors (Lipinski definition) is 4. The molecular weight excluding hydrogens is 218 g/mol. The van der Waals surface area contributed by atoms with Gasteiger partial charge in [0.15, 0.2) is 9.84 Å². The number of sulfone groups is 1. The summed E-state index contributed by atoms with van der Waals surface area (Å²) >= 11 is 0. The van der Waals surface area contributed by atoms with Gasteiger partial charge in [-0.25, -0.2) is 8.42 Å².